The van der Waals surface area contributed by atoms with Crippen molar-refractivity contribution in [2.24, 2.45) is 0 Å². The Morgan fingerprint density at radius 2 is 1.94 bits per heavy atom. The molecule has 1 heterocycles. The maximum absolute atomic E-state index is 6.21. The average Bonchev–Trinajstić information content (AvgIpc) is 2.29. The maximum atomic E-state index is 6.21. The lowest BCUT2D eigenvalue weighted by atomic mass is 10.0. The van der Waals surface area contributed by atoms with Gasteiger partial charge in [0.05, 0.1) is 5.52 Å². The summed E-state index contributed by atoms with van der Waals surface area (Å²) in [5.74, 6) is 0. The molecule has 2 aromatic rings. The number of nitrogens with two attached hydrogens (primary N) is 1. The molecule has 0 saturated heterocycles. The van der Waals surface area contributed by atoms with Crippen LogP contribution in [0.15, 0.2) is 18.2 Å². The number of fused-ring (bicyclic) bond motifs is 1. The number of nitrogens with zero attached hydrogens (tertiary/aromatic N) is 1. The van der Waals surface area contributed by atoms with E-state index in [1.165, 1.54) is 11.1 Å². The molecular formula is C14H18N2. The second-order valence-corrected chi connectivity index (χ2v) is 4.15. The Hall–Kier alpha value is -1.57. The Balaban J connectivity index is 2.78. The van der Waals surface area contributed by atoms with Gasteiger partial charge in [-0.3, -0.25) is 4.98 Å². The predicted molar refractivity (Wildman–Crippen MR) is 69.6 cm³/mol. The van der Waals surface area contributed by atoms with Crippen LogP contribution in [0.25, 0.3) is 10.9 Å². The van der Waals surface area contributed by atoms with Crippen LogP contribution in [0.1, 0.15) is 30.7 Å². The van der Waals surface area contributed by atoms with E-state index in [1.807, 2.05) is 6.92 Å². The SMILES string of the molecule is CCc1ccc2nc(C)c(CC)c(N)c2c1. The van der Waals surface area contributed by atoms with Crippen molar-refractivity contribution in [3.05, 3.63) is 35.0 Å². The molecule has 0 aliphatic heterocycles. The molecule has 0 amide bonds. The summed E-state index contributed by atoms with van der Waals surface area (Å²) in [6.45, 7) is 6.30. The summed E-state index contributed by atoms with van der Waals surface area (Å²) in [4.78, 5) is 4.60. The molecule has 0 bridgehead atoms. The molecule has 2 nitrogen and oxygen atoms in total. The van der Waals surface area contributed by atoms with Crippen LogP contribution in [0.2, 0.25) is 0 Å². The standard InChI is InChI=1S/C14H18N2/c1-4-10-6-7-13-12(8-10)14(15)11(5-2)9(3)16-13/h6-8H,4-5H2,1-3H3,(H2,15,16). The second-order valence-electron chi connectivity index (χ2n) is 4.15. The van der Waals surface area contributed by atoms with Crippen LogP contribution in [0.5, 0.6) is 0 Å². The number of aromatic nitrogens is 1. The topological polar surface area (TPSA) is 38.9 Å². The van der Waals surface area contributed by atoms with E-state index < -0.39 is 0 Å². The minimum Gasteiger partial charge on any atom is -0.398 e. The minimum absolute atomic E-state index is 0.903. The minimum atomic E-state index is 0.903. The van der Waals surface area contributed by atoms with Gasteiger partial charge in [-0.1, -0.05) is 19.9 Å². The highest BCUT2D eigenvalue weighted by Gasteiger charge is 2.08. The first-order valence-electron chi connectivity index (χ1n) is 5.85. The van der Waals surface area contributed by atoms with Gasteiger partial charge in [0, 0.05) is 16.8 Å². The highest BCUT2D eigenvalue weighted by molar-refractivity contribution is 5.92. The molecule has 0 atom stereocenters. The van der Waals surface area contributed by atoms with Gasteiger partial charge in [-0.05, 0) is 43.0 Å². The van der Waals surface area contributed by atoms with E-state index in [2.05, 4.69) is 37.0 Å². The lowest BCUT2D eigenvalue weighted by Crippen LogP contribution is -2.00. The van der Waals surface area contributed by atoms with Gasteiger partial charge in [0.2, 0.25) is 0 Å². The number of aryl methyl sites for hydroxylation is 2. The monoisotopic (exact) mass is 214 g/mol. The van der Waals surface area contributed by atoms with Gasteiger partial charge >= 0.3 is 0 Å². The first-order chi connectivity index (χ1) is 7.67. The fourth-order valence-electron chi connectivity index (χ4n) is 2.17. The number of benzene rings is 1. The molecule has 1 aromatic carbocycles. The van der Waals surface area contributed by atoms with Crippen LogP contribution in [-0.4, -0.2) is 4.98 Å². The summed E-state index contributed by atoms with van der Waals surface area (Å²) in [5.41, 5.74) is 11.7. The van der Waals surface area contributed by atoms with Crippen molar-refractivity contribution in [1.29, 1.82) is 0 Å². The molecular weight excluding hydrogens is 196 g/mol. The Morgan fingerprint density at radius 1 is 1.19 bits per heavy atom. The first-order valence-corrected chi connectivity index (χ1v) is 5.85. The zero-order valence-corrected chi connectivity index (χ0v) is 10.2. The van der Waals surface area contributed by atoms with Gasteiger partial charge in [0.15, 0.2) is 0 Å². The van der Waals surface area contributed by atoms with E-state index in [-0.39, 0.29) is 0 Å². The van der Waals surface area contributed by atoms with Gasteiger partial charge in [-0.15, -0.1) is 0 Å². The smallest absolute Gasteiger partial charge is 0.0726 e. The molecule has 0 saturated carbocycles. The Kier molecular flexibility index (Phi) is 2.82. The quantitative estimate of drug-likeness (QED) is 0.833. The average molecular weight is 214 g/mol. The molecule has 16 heavy (non-hydrogen) atoms. The molecule has 2 heteroatoms. The van der Waals surface area contributed by atoms with Crippen molar-refractivity contribution in [3.63, 3.8) is 0 Å². The largest absolute Gasteiger partial charge is 0.398 e. The van der Waals surface area contributed by atoms with Crippen molar-refractivity contribution in [2.45, 2.75) is 33.6 Å². The van der Waals surface area contributed by atoms with Crippen LogP contribution in [-0.2, 0) is 12.8 Å². The van der Waals surface area contributed by atoms with E-state index in [9.17, 15) is 0 Å². The third-order valence-electron chi connectivity index (χ3n) is 3.16. The van der Waals surface area contributed by atoms with Gasteiger partial charge in [-0.2, -0.15) is 0 Å². The lowest BCUT2D eigenvalue weighted by molar-refractivity contribution is 1.07. The molecule has 2 rings (SSSR count). The van der Waals surface area contributed by atoms with Crippen molar-refractivity contribution in [3.8, 4) is 0 Å². The number of anilines is 1. The molecule has 0 spiro atoms. The molecule has 1 aromatic heterocycles. The number of hydrogen-bond donors (Lipinski definition) is 1. The molecule has 0 aliphatic rings. The van der Waals surface area contributed by atoms with E-state index in [4.69, 9.17) is 5.73 Å². The number of pyridine rings is 1. The summed E-state index contributed by atoms with van der Waals surface area (Å²) in [5, 5.41) is 1.10. The fourth-order valence-corrected chi connectivity index (χ4v) is 2.17. The second kappa shape index (κ2) is 4.12. The molecule has 0 radical (unpaired) electrons. The lowest BCUT2D eigenvalue weighted by Gasteiger charge is -2.11. The molecule has 2 N–H and O–H groups in total. The van der Waals surface area contributed by atoms with E-state index in [1.54, 1.807) is 0 Å². The van der Waals surface area contributed by atoms with Crippen molar-refractivity contribution in [2.75, 3.05) is 5.73 Å². The van der Waals surface area contributed by atoms with Gasteiger partial charge in [0.25, 0.3) is 0 Å². The van der Waals surface area contributed by atoms with E-state index >= 15 is 0 Å². The summed E-state index contributed by atoms with van der Waals surface area (Å²) < 4.78 is 0. The van der Waals surface area contributed by atoms with Crippen molar-refractivity contribution < 1.29 is 0 Å². The van der Waals surface area contributed by atoms with Gasteiger partial charge in [0.1, 0.15) is 0 Å². The van der Waals surface area contributed by atoms with Crippen LogP contribution in [0.3, 0.4) is 0 Å². The third-order valence-corrected chi connectivity index (χ3v) is 3.16. The van der Waals surface area contributed by atoms with Gasteiger partial charge < -0.3 is 5.73 Å². The molecule has 0 aliphatic carbocycles. The zero-order valence-electron chi connectivity index (χ0n) is 10.2. The Labute approximate surface area is 96.5 Å². The summed E-state index contributed by atoms with van der Waals surface area (Å²) in [6.07, 6.45) is 1.97. The van der Waals surface area contributed by atoms with Gasteiger partial charge in [-0.25, -0.2) is 0 Å². The zero-order chi connectivity index (χ0) is 11.7. The highest BCUT2D eigenvalue weighted by Crippen LogP contribution is 2.27. The predicted octanol–water partition coefficient (Wildman–Crippen LogP) is 3.25. The van der Waals surface area contributed by atoms with E-state index in [0.29, 0.717) is 0 Å². The normalized spacial score (nSPS) is 10.9. The molecule has 0 fully saturated rings. The van der Waals surface area contributed by atoms with Crippen LogP contribution >= 0.6 is 0 Å². The number of hydrogen-bond acceptors (Lipinski definition) is 2. The Bertz CT molecular complexity index is 530. The Morgan fingerprint density at radius 3 is 2.56 bits per heavy atom. The van der Waals surface area contributed by atoms with Crippen LogP contribution < -0.4 is 5.73 Å². The fraction of sp³-hybridized carbons (Fsp3) is 0.357. The van der Waals surface area contributed by atoms with Crippen LogP contribution in [0, 0.1) is 6.92 Å². The summed E-state index contributed by atoms with van der Waals surface area (Å²) in [6, 6.07) is 6.35. The number of nitrogen functional groups attached to an aromatic ring is 1. The van der Waals surface area contributed by atoms with Crippen LogP contribution in [0.4, 0.5) is 5.69 Å². The summed E-state index contributed by atoms with van der Waals surface area (Å²) in [7, 11) is 0. The molecule has 0 unspecified atom stereocenters. The molecule has 84 valence electrons. The maximum Gasteiger partial charge on any atom is 0.0726 e. The van der Waals surface area contributed by atoms with E-state index in [0.717, 1.165) is 35.1 Å². The third kappa shape index (κ3) is 1.64. The summed E-state index contributed by atoms with van der Waals surface area (Å²) >= 11 is 0. The first kappa shape index (κ1) is 10.9. The van der Waals surface area contributed by atoms with Crippen molar-refractivity contribution in [1.82, 2.24) is 4.98 Å². The number of rotatable bonds is 2. The highest BCUT2D eigenvalue weighted by atomic mass is 14.7. The van der Waals surface area contributed by atoms with Crippen molar-refractivity contribution >= 4 is 16.6 Å².